The molecule has 0 spiro atoms. The lowest BCUT2D eigenvalue weighted by Crippen LogP contribution is -2.33. The maximum Gasteiger partial charge on any atom is 0.282 e. The van der Waals surface area contributed by atoms with Crippen molar-refractivity contribution >= 4 is 40.4 Å². The van der Waals surface area contributed by atoms with E-state index in [0.717, 1.165) is 28.0 Å². The van der Waals surface area contributed by atoms with Crippen molar-refractivity contribution in [3.8, 4) is 5.75 Å². The van der Waals surface area contributed by atoms with Gasteiger partial charge in [-0.05, 0) is 86.8 Å². The summed E-state index contributed by atoms with van der Waals surface area (Å²) in [5.74, 6) is -0.0426. The number of nitrogens with zero attached hydrogens (tertiary/aromatic N) is 1. The minimum absolute atomic E-state index is 0.241. The number of benzene rings is 3. The Balaban J connectivity index is 1.82. The SMILES string of the molecule is CCOc1ccc(NC2=C(c3ccc(C)cc3C)C(=O)N(c3ccc(Cl)cc3C)C2=O)cc1. The van der Waals surface area contributed by atoms with Gasteiger partial charge in [0.2, 0.25) is 0 Å². The predicted octanol–water partition coefficient (Wildman–Crippen LogP) is 6.06. The van der Waals surface area contributed by atoms with Crippen LogP contribution in [0.5, 0.6) is 5.75 Å². The van der Waals surface area contributed by atoms with E-state index in [0.29, 0.717) is 28.6 Å². The fourth-order valence-electron chi connectivity index (χ4n) is 4.02. The summed E-state index contributed by atoms with van der Waals surface area (Å²) < 4.78 is 5.50. The number of anilines is 2. The summed E-state index contributed by atoms with van der Waals surface area (Å²) >= 11 is 6.11. The molecule has 1 N–H and O–H groups in total. The molecule has 0 fully saturated rings. The molecule has 0 saturated carbocycles. The Bertz CT molecular complexity index is 1280. The minimum Gasteiger partial charge on any atom is -0.494 e. The molecule has 0 aromatic heterocycles. The summed E-state index contributed by atoms with van der Waals surface area (Å²) in [6, 6.07) is 18.3. The van der Waals surface area contributed by atoms with Gasteiger partial charge < -0.3 is 10.1 Å². The number of rotatable bonds is 6. The maximum absolute atomic E-state index is 13.7. The Morgan fingerprint density at radius 2 is 1.61 bits per heavy atom. The smallest absolute Gasteiger partial charge is 0.282 e. The van der Waals surface area contributed by atoms with Gasteiger partial charge in [0.15, 0.2) is 0 Å². The van der Waals surface area contributed by atoms with Crippen LogP contribution in [0.2, 0.25) is 5.02 Å². The third-order valence-corrected chi connectivity index (χ3v) is 5.80. The highest BCUT2D eigenvalue weighted by molar-refractivity contribution is 6.46. The Hall–Kier alpha value is -3.57. The van der Waals surface area contributed by atoms with Crippen LogP contribution in [0.4, 0.5) is 11.4 Å². The topological polar surface area (TPSA) is 58.6 Å². The van der Waals surface area contributed by atoms with E-state index in [1.807, 2.05) is 70.2 Å². The van der Waals surface area contributed by atoms with E-state index in [1.54, 1.807) is 18.2 Å². The molecular formula is C27H25ClN2O3. The van der Waals surface area contributed by atoms with E-state index in [1.165, 1.54) is 4.90 Å². The van der Waals surface area contributed by atoms with Gasteiger partial charge >= 0.3 is 0 Å². The molecule has 3 aromatic rings. The van der Waals surface area contributed by atoms with Gasteiger partial charge in [0.05, 0.1) is 17.9 Å². The van der Waals surface area contributed by atoms with Crippen LogP contribution in [0.15, 0.2) is 66.4 Å². The molecule has 168 valence electrons. The first-order valence-corrected chi connectivity index (χ1v) is 11.1. The largest absolute Gasteiger partial charge is 0.494 e. The molecule has 0 bridgehead atoms. The highest BCUT2D eigenvalue weighted by Gasteiger charge is 2.41. The van der Waals surface area contributed by atoms with Crippen molar-refractivity contribution in [3.63, 3.8) is 0 Å². The van der Waals surface area contributed by atoms with Gasteiger partial charge in [-0.15, -0.1) is 0 Å². The fourth-order valence-corrected chi connectivity index (χ4v) is 4.25. The van der Waals surface area contributed by atoms with E-state index in [-0.39, 0.29) is 11.6 Å². The molecule has 6 heteroatoms. The van der Waals surface area contributed by atoms with Gasteiger partial charge in [0, 0.05) is 10.7 Å². The summed E-state index contributed by atoms with van der Waals surface area (Å²) in [6.45, 7) is 8.25. The van der Waals surface area contributed by atoms with E-state index in [9.17, 15) is 9.59 Å². The molecule has 33 heavy (non-hydrogen) atoms. The normalized spacial score (nSPS) is 13.7. The third-order valence-electron chi connectivity index (χ3n) is 5.57. The second-order valence-corrected chi connectivity index (χ2v) is 8.46. The van der Waals surface area contributed by atoms with Crippen LogP contribution in [0.25, 0.3) is 5.57 Å². The van der Waals surface area contributed by atoms with Crippen LogP contribution in [0.3, 0.4) is 0 Å². The Labute approximate surface area is 198 Å². The third kappa shape index (κ3) is 4.37. The average molecular weight is 461 g/mol. The van der Waals surface area contributed by atoms with Gasteiger partial charge in [-0.25, -0.2) is 4.90 Å². The Morgan fingerprint density at radius 1 is 0.879 bits per heavy atom. The standard InChI is InChI=1S/C27H25ClN2O3/c1-5-33-21-10-8-20(9-11-21)29-25-24(22-12-6-16(2)14-17(22)3)26(31)30(27(25)32)23-13-7-19(28)15-18(23)4/h6-15,29H,5H2,1-4H3. The lowest BCUT2D eigenvalue weighted by Gasteiger charge is -2.18. The van der Waals surface area contributed by atoms with Gasteiger partial charge in [0.1, 0.15) is 11.4 Å². The van der Waals surface area contributed by atoms with Gasteiger partial charge in [-0.2, -0.15) is 0 Å². The summed E-state index contributed by atoms with van der Waals surface area (Å²) in [5.41, 5.74) is 5.26. The monoisotopic (exact) mass is 460 g/mol. The van der Waals surface area contributed by atoms with Gasteiger partial charge in [-0.3, -0.25) is 9.59 Å². The van der Waals surface area contributed by atoms with Crippen LogP contribution < -0.4 is 15.0 Å². The number of ether oxygens (including phenoxy) is 1. The fraction of sp³-hybridized carbons (Fsp3) is 0.185. The zero-order chi connectivity index (χ0) is 23.7. The maximum atomic E-state index is 13.7. The highest BCUT2D eigenvalue weighted by Crippen LogP contribution is 2.37. The number of hydrogen-bond donors (Lipinski definition) is 1. The van der Waals surface area contributed by atoms with E-state index < -0.39 is 5.91 Å². The molecule has 0 aliphatic carbocycles. The first kappa shape index (κ1) is 22.6. The lowest BCUT2D eigenvalue weighted by molar-refractivity contribution is -0.120. The number of carbonyl (C=O) groups is 2. The first-order valence-electron chi connectivity index (χ1n) is 10.8. The number of imide groups is 1. The van der Waals surface area contributed by atoms with Crippen LogP contribution in [-0.2, 0) is 9.59 Å². The molecule has 3 aromatic carbocycles. The Kier molecular flexibility index (Phi) is 6.25. The Morgan fingerprint density at radius 3 is 2.24 bits per heavy atom. The number of amides is 2. The summed E-state index contributed by atoms with van der Waals surface area (Å²) in [4.78, 5) is 28.5. The quantitative estimate of drug-likeness (QED) is 0.454. The summed E-state index contributed by atoms with van der Waals surface area (Å²) in [7, 11) is 0. The van der Waals surface area contributed by atoms with Crippen molar-refractivity contribution in [2.75, 3.05) is 16.8 Å². The van der Waals surface area contributed by atoms with Gasteiger partial charge in [0.25, 0.3) is 11.8 Å². The molecular weight excluding hydrogens is 436 g/mol. The second kappa shape index (κ2) is 9.12. The zero-order valence-corrected chi connectivity index (χ0v) is 19.8. The molecule has 0 radical (unpaired) electrons. The van der Waals surface area contributed by atoms with Gasteiger partial charge in [-0.1, -0.05) is 35.4 Å². The number of halogens is 1. The lowest BCUT2D eigenvalue weighted by atomic mass is 9.97. The van der Waals surface area contributed by atoms with E-state index in [4.69, 9.17) is 16.3 Å². The molecule has 0 unspecified atom stereocenters. The number of nitrogens with one attached hydrogen (secondary N) is 1. The molecule has 1 heterocycles. The molecule has 5 nitrogen and oxygen atoms in total. The summed E-state index contributed by atoms with van der Waals surface area (Å²) in [5, 5.41) is 3.74. The van der Waals surface area contributed by atoms with Crippen LogP contribution in [0.1, 0.15) is 29.2 Å². The van der Waals surface area contributed by atoms with Crippen molar-refractivity contribution in [1.82, 2.24) is 0 Å². The number of aryl methyl sites for hydroxylation is 3. The number of carbonyl (C=O) groups excluding carboxylic acids is 2. The molecule has 4 rings (SSSR count). The van der Waals surface area contributed by atoms with Crippen LogP contribution >= 0.6 is 11.6 Å². The minimum atomic E-state index is -0.408. The predicted molar refractivity (Wildman–Crippen MR) is 133 cm³/mol. The molecule has 0 atom stereocenters. The molecule has 1 aliphatic rings. The molecule has 2 amide bonds. The van der Waals surface area contributed by atoms with Crippen molar-refractivity contribution < 1.29 is 14.3 Å². The highest BCUT2D eigenvalue weighted by atomic mass is 35.5. The van der Waals surface area contributed by atoms with Crippen molar-refractivity contribution in [2.45, 2.75) is 27.7 Å². The summed E-state index contributed by atoms with van der Waals surface area (Å²) in [6.07, 6.45) is 0. The molecule has 0 saturated heterocycles. The van der Waals surface area contributed by atoms with E-state index in [2.05, 4.69) is 5.32 Å². The van der Waals surface area contributed by atoms with Crippen LogP contribution in [0, 0.1) is 20.8 Å². The number of hydrogen-bond acceptors (Lipinski definition) is 4. The molecule has 1 aliphatic heterocycles. The zero-order valence-electron chi connectivity index (χ0n) is 19.0. The van der Waals surface area contributed by atoms with E-state index >= 15 is 0 Å². The van der Waals surface area contributed by atoms with Crippen molar-refractivity contribution in [1.29, 1.82) is 0 Å². The average Bonchev–Trinajstić information content (AvgIpc) is 3.00. The van der Waals surface area contributed by atoms with Crippen molar-refractivity contribution in [2.24, 2.45) is 0 Å². The van der Waals surface area contributed by atoms with Crippen molar-refractivity contribution in [3.05, 3.63) is 93.6 Å². The first-order chi connectivity index (χ1) is 15.8. The second-order valence-electron chi connectivity index (χ2n) is 8.03. The van der Waals surface area contributed by atoms with Crippen LogP contribution in [-0.4, -0.2) is 18.4 Å².